The Hall–Kier alpha value is -3.35. The SMILES string of the molecule is COC(=O)CCCCCCOc1cccc(Nc2nc3ccccc3c(=O)[nH]2)c1. The van der Waals surface area contributed by atoms with Crippen LogP contribution >= 0.6 is 0 Å². The number of anilines is 2. The van der Waals surface area contributed by atoms with Crippen LogP contribution in [0.2, 0.25) is 0 Å². The number of para-hydroxylation sites is 1. The van der Waals surface area contributed by atoms with Gasteiger partial charge in [-0.05, 0) is 37.1 Å². The summed E-state index contributed by atoms with van der Waals surface area (Å²) in [5.41, 5.74) is 1.23. The topological polar surface area (TPSA) is 93.3 Å². The highest BCUT2D eigenvalue weighted by molar-refractivity contribution is 5.78. The van der Waals surface area contributed by atoms with E-state index in [9.17, 15) is 9.59 Å². The summed E-state index contributed by atoms with van der Waals surface area (Å²) in [6.45, 7) is 0.604. The van der Waals surface area contributed by atoms with E-state index >= 15 is 0 Å². The zero-order valence-corrected chi connectivity index (χ0v) is 16.4. The number of benzene rings is 2. The lowest BCUT2D eigenvalue weighted by Gasteiger charge is -2.10. The van der Waals surface area contributed by atoms with Crippen molar-refractivity contribution in [3.05, 3.63) is 58.9 Å². The molecule has 0 saturated carbocycles. The molecule has 0 bridgehead atoms. The van der Waals surface area contributed by atoms with Crippen LogP contribution in [0.1, 0.15) is 32.1 Å². The van der Waals surface area contributed by atoms with Crippen LogP contribution in [0.4, 0.5) is 11.6 Å². The number of methoxy groups -OCH3 is 1. The summed E-state index contributed by atoms with van der Waals surface area (Å²) >= 11 is 0. The number of carbonyl (C=O) groups excluding carboxylic acids is 1. The van der Waals surface area contributed by atoms with Gasteiger partial charge < -0.3 is 14.8 Å². The van der Waals surface area contributed by atoms with Gasteiger partial charge in [-0.15, -0.1) is 0 Å². The average molecular weight is 395 g/mol. The maximum absolute atomic E-state index is 12.2. The van der Waals surface area contributed by atoms with Crippen molar-refractivity contribution in [3.8, 4) is 5.75 Å². The highest BCUT2D eigenvalue weighted by Crippen LogP contribution is 2.20. The number of aromatic amines is 1. The summed E-state index contributed by atoms with van der Waals surface area (Å²) in [6.07, 6.45) is 4.19. The van der Waals surface area contributed by atoms with Gasteiger partial charge >= 0.3 is 5.97 Å². The third kappa shape index (κ3) is 6.07. The smallest absolute Gasteiger partial charge is 0.305 e. The van der Waals surface area contributed by atoms with Gasteiger partial charge in [0.2, 0.25) is 5.95 Å². The molecule has 0 spiro atoms. The van der Waals surface area contributed by atoms with Gasteiger partial charge in [-0.2, -0.15) is 0 Å². The fourth-order valence-electron chi connectivity index (χ4n) is 2.96. The zero-order chi connectivity index (χ0) is 20.5. The monoisotopic (exact) mass is 395 g/mol. The van der Waals surface area contributed by atoms with E-state index in [1.54, 1.807) is 12.1 Å². The van der Waals surface area contributed by atoms with Gasteiger partial charge in [0.1, 0.15) is 5.75 Å². The third-order valence-electron chi connectivity index (χ3n) is 4.48. The van der Waals surface area contributed by atoms with Crippen molar-refractivity contribution in [3.63, 3.8) is 0 Å². The Kier molecular flexibility index (Phi) is 7.22. The first-order valence-electron chi connectivity index (χ1n) is 9.71. The van der Waals surface area contributed by atoms with Crippen LogP contribution in [0, 0.1) is 0 Å². The molecule has 2 aromatic carbocycles. The summed E-state index contributed by atoms with van der Waals surface area (Å²) < 4.78 is 10.4. The number of hydrogen-bond donors (Lipinski definition) is 2. The van der Waals surface area contributed by atoms with Crippen molar-refractivity contribution in [1.29, 1.82) is 0 Å². The zero-order valence-electron chi connectivity index (χ0n) is 16.4. The molecule has 0 atom stereocenters. The molecule has 0 radical (unpaired) electrons. The third-order valence-corrected chi connectivity index (χ3v) is 4.48. The summed E-state index contributed by atoms with van der Waals surface area (Å²) in [4.78, 5) is 30.4. The second-order valence-corrected chi connectivity index (χ2v) is 6.67. The highest BCUT2D eigenvalue weighted by Gasteiger charge is 2.04. The van der Waals surface area contributed by atoms with E-state index < -0.39 is 0 Å². The molecule has 7 heteroatoms. The van der Waals surface area contributed by atoms with E-state index in [4.69, 9.17) is 4.74 Å². The number of nitrogens with one attached hydrogen (secondary N) is 2. The Morgan fingerprint density at radius 2 is 1.90 bits per heavy atom. The van der Waals surface area contributed by atoms with Crippen LogP contribution in [0.25, 0.3) is 10.9 Å². The minimum atomic E-state index is -0.183. The van der Waals surface area contributed by atoms with Gasteiger partial charge in [0.25, 0.3) is 5.56 Å². The number of fused-ring (bicyclic) bond motifs is 1. The lowest BCUT2D eigenvalue weighted by atomic mass is 10.1. The van der Waals surface area contributed by atoms with Gasteiger partial charge in [-0.3, -0.25) is 14.6 Å². The molecule has 29 heavy (non-hydrogen) atoms. The number of H-pyrrole nitrogens is 1. The van der Waals surface area contributed by atoms with Crippen LogP contribution in [-0.2, 0) is 9.53 Å². The second kappa shape index (κ2) is 10.3. The second-order valence-electron chi connectivity index (χ2n) is 6.67. The van der Waals surface area contributed by atoms with E-state index in [1.807, 2.05) is 36.4 Å². The van der Waals surface area contributed by atoms with E-state index in [1.165, 1.54) is 7.11 Å². The molecule has 3 rings (SSSR count). The molecular formula is C22H25N3O4. The van der Waals surface area contributed by atoms with Crippen molar-refractivity contribution in [1.82, 2.24) is 9.97 Å². The Morgan fingerprint density at radius 1 is 1.07 bits per heavy atom. The number of esters is 1. The molecule has 0 aliphatic carbocycles. The minimum absolute atomic E-state index is 0.159. The summed E-state index contributed by atoms with van der Waals surface area (Å²) in [5, 5.41) is 3.68. The molecule has 0 aliphatic heterocycles. The molecule has 0 fully saturated rings. The molecule has 7 nitrogen and oxygen atoms in total. The van der Waals surface area contributed by atoms with Crippen LogP contribution in [0.15, 0.2) is 53.3 Å². The number of unbranched alkanes of at least 4 members (excludes halogenated alkanes) is 3. The molecule has 2 N–H and O–H groups in total. The largest absolute Gasteiger partial charge is 0.494 e. The van der Waals surface area contributed by atoms with Crippen molar-refractivity contribution in [2.24, 2.45) is 0 Å². The number of carbonyl (C=O) groups is 1. The first kappa shape index (κ1) is 20.4. The number of ether oxygens (including phenoxy) is 2. The lowest BCUT2D eigenvalue weighted by Crippen LogP contribution is -2.11. The van der Waals surface area contributed by atoms with Gasteiger partial charge in [0, 0.05) is 18.2 Å². The van der Waals surface area contributed by atoms with Gasteiger partial charge in [0.15, 0.2) is 0 Å². The van der Waals surface area contributed by atoms with E-state index in [0.717, 1.165) is 37.1 Å². The molecule has 0 unspecified atom stereocenters. The first-order valence-corrected chi connectivity index (χ1v) is 9.71. The standard InChI is InChI=1S/C22H25N3O4/c1-28-20(26)13-4-2-3-7-14-29-17-10-8-9-16(15-17)23-22-24-19-12-6-5-11-18(19)21(27)25-22/h5-6,8-12,15H,2-4,7,13-14H2,1H3,(H2,23,24,25,27). The number of rotatable bonds is 10. The Bertz CT molecular complexity index is 1020. The fourth-order valence-corrected chi connectivity index (χ4v) is 2.96. The predicted octanol–water partition coefficient (Wildman–Crippen LogP) is 4.17. The molecule has 1 aromatic heterocycles. The fraction of sp³-hybridized carbons (Fsp3) is 0.318. The summed E-state index contributed by atoms with van der Waals surface area (Å²) in [6, 6.07) is 14.7. The van der Waals surface area contributed by atoms with Crippen LogP contribution < -0.4 is 15.6 Å². The predicted molar refractivity (Wildman–Crippen MR) is 113 cm³/mol. The van der Waals surface area contributed by atoms with Crippen molar-refractivity contribution >= 4 is 28.5 Å². The number of hydrogen-bond acceptors (Lipinski definition) is 6. The highest BCUT2D eigenvalue weighted by atomic mass is 16.5. The van der Waals surface area contributed by atoms with Crippen LogP contribution in [-0.4, -0.2) is 29.7 Å². The van der Waals surface area contributed by atoms with E-state index in [-0.39, 0.29) is 11.5 Å². The van der Waals surface area contributed by atoms with Crippen LogP contribution in [0.5, 0.6) is 5.75 Å². The molecule has 0 aliphatic rings. The van der Waals surface area contributed by atoms with E-state index in [2.05, 4.69) is 20.0 Å². The normalized spacial score (nSPS) is 10.7. The molecule has 3 aromatic rings. The summed E-state index contributed by atoms with van der Waals surface area (Å²) in [5.74, 6) is 0.969. The molecule has 152 valence electrons. The van der Waals surface area contributed by atoms with Gasteiger partial charge in [-0.1, -0.05) is 31.0 Å². The van der Waals surface area contributed by atoms with Crippen molar-refractivity contribution in [2.45, 2.75) is 32.1 Å². The van der Waals surface area contributed by atoms with Crippen molar-refractivity contribution in [2.75, 3.05) is 19.0 Å². The maximum atomic E-state index is 12.2. The molecule has 0 saturated heterocycles. The molecule has 1 heterocycles. The maximum Gasteiger partial charge on any atom is 0.305 e. The molecular weight excluding hydrogens is 370 g/mol. The number of aromatic nitrogens is 2. The minimum Gasteiger partial charge on any atom is -0.494 e. The quantitative estimate of drug-likeness (QED) is 0.395. The van der Waals surface area contributed by atoms with E-state index in [0.29, 0.717) is 29.9 Å². The van der Waals surface area contributed by atoms with Gasteiger partial charge in [0.05, 0.1) is 24.6 Å². The van der Waals surface area contributed by atoms with Crippen molar-refractivity contribution < 1.29 is 14.3 Å². The average Bonchev–Trinajstić information content (AvgIpc) is 2.73. The Morgan fingerprint density at radius 3 is 2.76 bits per heavy atom. The summed E-state index contributed by atoms with van der Waals surface area (Å²) in [7, 11) is 1.41. The Labute approximate surface area is 169 Å². The number of nitrogens with zero attached hydrogens (tertiary/aromatic N) is 1. The van der Waals surface area contributed by atoms with Gasteiger partial charge in [-0.25, -0.2) is 4.98 Å². The van der Waals surface area contributed by atoms with Crippen LogP contribution in [0.3, 0.4) is 0 Å². The first-order chi connectivity index (χ1) is 14.2. The Balaban J connectivity index is 1.50. The molecule has 0 amide bonds. The lowest BCUT2D eigenvalue weighted by molar-refractivity contribution is -0.140.